The van der Waals surface area contributed by atoms with Gasteiger partial charge in [0.05, 0.1) is 0 Å². The maximum atomic E-state index is 13.2. The molecule has 0 spiro atoms. The maximum absolute atomic E-state index is 13.2. The van der Waals surface area contributed by atoms with E-state index in [1.165, 1.54) is 28.2 Å². The van der Waals surface area contributed by atoms with Crippen LogP contribution in [0.1, 0.15) is 46.3 Å². The zero-order valence-corrected chi connectivity index (χ0v) is 14.4. The fourth-order valence-electron chi connectivity index (χ4n) is 3.30. The molecule has 25 heavy (non-hydrogen) atoms. The monoisotopic (exact) mass is 339 g/mol. The van der Waals surface area contributed by atoms with Crippen LogP contribution in [0.5, 0.6) is 0 Å². The number of nitrogens with zero attached hydrogens (tertiary/aromatic N) is 1. The molecule has 1 aliphatic rings. The average molecular weight is 339 g/mol. The molecule has 0 aromatic heterocycles. The Morgan fingerprint density at radius 2 is 1.84 bits per heavy atom. The van der Waals surface area contributed by atoms with Crippen LogP contribution in [0, 0.1) is 5.82 Å². The predicted molar refractivity (Wildman–Crippen MR) is 94.9 cm³/mol. The minimum atomic E-state index is -0.315. The Morgan fingerprint density at radius 1 is 1.04 bits per heavy atom. The van der Waals surface area contributed by atoms with Crippen molar-refractivity contribution >= 4 is 11.7 Å². The number of halogens is 1. The molecule has 0 N–H and O–H groups in total. The zero-order valence-electron chi connectivity index (χ0n) is 14.4. The van der Waals surface area contributed by atoms with E-state index in [4.69, 9.17) is 0 Å². The SMILES string of the molecule is CN(Cc1cccc(F)c1)C(=O)CCC(=O)c1ccc2c(c1)CCC2. The molecule has 1 aliphatic carbocycles. The van der Waals surface area contributed by atoms with Gasteiger partial charge in [0.15, 0.2) is 5.78 Å². The van der Waals surface area contributed by atoms with Crippen LogP contribution in [0.3, 0.4) is 0 Å². The minimum absolute atomic E-state index is 0.00204. The van der Waals surface area contributed by atoms with Crippen molar-refractivity contribution in [3.8, 4) is 0 Å². The van der Waals surface area contributed by atoms with Crippen molar-refractivity contribution in [2.45, 2.75) is 38.6 Å². The van der Waals surface area contributed by atoms with Gasteiger partial charge in [-0.1, -0.05) is 24.3 Å². The van der Waals surface area contributed by atoms with Crippen molar-refractivity contribution in [3.05, 3.63) is 70.5 Å². The number of carbonyl (C=O) groups excluding carboxylic acids is 2. The van der Waals surface area contributed by atoms with Gasteiger partial charge in [-0.25, -0.2) is 4.39 Å². The van der Waals surface area contributed by atoms with E-state index >= 15 is 0 Å². The first-order valence-electron chi connectivity index (χ1n) is 8.66. The highest BCUT2D eigenvalue weighted by atomic mass is 19.1. The first-order chi connectivity index (χ1) is 12.0. The van der Waals surface area contributed by atoms with Gasteiger partial charge in [-0.15, -0.1) is 0 Å². The van der Waals surface area contributed by atoms with Crippen LogP contribution < -0.4 is 0 Å². The van der Waals surface area contributed by atoms with E-state index in [9.17, 15) is 14.0 Å². The highest BCUT2D eigenvalue weighted by molar-refractivity contribution is 5.98. The van der Waals surface area contributed by atoms with Crippen molar-refractivity contribution < 1.29 is 14.0 Å². The van der Waals surface area contributed by atoms with Crippen LogP contribution in [-0.4, -0.2) is 23.6 Å². The van der Waals surface area contributed by atoms with E-state index in [-0.39, 0.29) is 30.3 Å². The lowest BCUT2D eigenvalue weighted by Crippen LogP contribution is -2.26. The van der Waals surface area contributed by atoms with E-state index in [0.717, 1.165) is 24.8 Å². The van der Waals surface area contributed by atoms with E-state index in [1.54, 1.807) is 19.2 Å². The van der Waals surface area contributed by atoms with Gasteiger partial charge in [0.1, 0.15) is 5.82 Å². The molecule has 4 heteroatoms. The molecule has 0 atom stereocenters. The van der Waals surface area contributed by atoms with Gasteiger partial charge in [-0.05, 0) is 54.2 Å². The van der Waals surface area contributed by atoms with E-state index in [2.05, 4.69) is 0 Å². The number of Topliss-reactive ketones (excluding diaryl/α,β-unsaturated/α-hetero) is 1. The fraction of sp³-hybridized carbons (Fsp3) is 0.333. The van der Waals surface area contributed by atoms with Crippen LogP contribution >= 0.6 is 0 Å². The van der Waals surface area contributed by atoms with Crippen LogP contribution in [0.25, 0.3) is 0 Å². The molecule has 0 fully saturated rings. The summed E-state index contributed by atoms with van der Waals surface area (Å²) >= 11 is 0. The molecule has 0 saturated heterocycles. The number of aryl methyl sites for hydroxylation is 2. The summed E-state index contributed by atoms with van der Waals surface area (Å²) in [5, 5.41) is 0. The van der Waals surface area contributed by atoms with Crippen LogP contribution in [0.4, 0.5) is 4.39 Å². The number of hydrogen-bond acceptors (Lipinski definition) is 2. The number of carbonyl (C=O) groups is 2. The lowest BCUT2D eigenvalue weighted by Gasteiger charge is -2.17. The molecule has 0 bridgehead atoms. The molecule has 0 saturated carbocycles. The van der Waals surface area contributed by atoms with E-state index in [0.29, 0.717) is 12.1 Å². The predicted octanol–water partition coefficient (Wildman–Crippen LogP) is 3.94. The van der Waals surface area contributed by atoms with Crippen molar-refractivity contribution in [2.75, 3.05) is 7.05 Å². The summed E-state index contributed by atoms with van der Waals surface area (Å²) in [6, 6.07) is 12.1. The largest absolute Gasteiger partial charge is 0.341 e. The van der Waals surface area contributed by atoms with Gasteiger partial charge >= 0.3 is 0 Å². The molecule has 0 aliphatic heterocycles. The van der Waals surface area contributed by atoms with Gasteiger partial charge in [0, 0.05) is 32.0 Å². The third-order valence-electron chi connectivity index (χ3n) is 4.72. The van der Waals surface area contributed by atoms with Crippen LogP contribution in [-0.2, 0) is 24.2 Å². The molecule has 0 radical (unpaired) electrons. The second-order valence-corrected chi connectivity index (χ2v) is 6.64. The Morgan fingerprint density at radius 3 is 2.64 bits per heavy atom. The van der Waals surface area contributed by atoms with Crippen molar-refractivity contribution in [3.63, 3.8) is 0 Å². The third kappa shape index (κ3) is 4.32. The first kappa shape index (κ1) is 17.3. The topological polar surface area (TPSA) is 37.4 Å². The number of hydrogen-bond donors (Lipinski definition) is 0. The molecule has 3 nitrogen and oxygen atoms in total. The van der Waals surface area contributed by atoms with Gasteiger partial charge in [-0.2, -0.15) is 0 Å². The summed E-state index contributed by atoms with van der Waals surface area (Å²) < 4.78 is 13.2. The summed E-state index contributed by atoms with van der Waals surface area (Å²) in [5.41, 5.74) is 4.03. The van der Waals surface area contributed by atoms with Crippen molar-refractivity contribution in [1.82, 2.24) is 4.90 Å². The summed E-state index contributed by atoms with van der Waals surface area (Å²) in [6.45, 7) is 0.337. The molecule has 2 aromatic rings. The number of fused-ring (bicyclic) bond motifs is 1. The van der Waals surface area contributed by atoms with E-state index in [1.807, 2.05) is 18.2 Å². The Hall–Kier alpha value is -2.49. The average Bonchev–Trinajstić information content (AvgIpc) is 3.07. The number of ketones is 1. The Bertz CT molecular complexity index is 800. The minimum Gasteiger partial charge on any atom is -0.341 e. The number of amides is 1. The van der Waals surface area contributed by atoms with Gasteiger partial charge < -0.3 is 4.90 Å². The maximum Gasteiger partial charge on any atom is 0.223 e. The lowest BCUT2D eigenvalue weighted by atomic mass is 10.0. The summed E-state index contributed by atoms with van der Waals surface area (Å²) in [6.07, 6.45) is 3.64. The molecular formula is C21H22FNO2. The van der Waals surface area contributed by atoms with Gasteiger partial charge in [0.25, 0.3) is 0 Å². The first-order valence-corrected chi connectivity index (χ1v) is 8.66. The molecule has 2 aromatic carbocycles. The smallest absolute Gasteiger partial charge is 0.223 e. The highest BCUT2D eigenvalue weighted by Crippen LogP contribution is 2.23. The standard InChI is InChI=1S/C21H22FNO2/c1-23(14-15-4-2-7-19(22)12-15)21(25)11-10-20(24)18-9-8-16-5-3-6-17(16)13-18/h2,4,7-9,12-13H,3,5-6,10-11,14H2,1H3. The Kier molecular flexibility index (Phi) is 5.27. The highest BCUT2D eigenvalue weighted by Gasteiger charge is 2.16. The lowest BCUT2D eigenvalue weighted by molar-refractivity contribution is -0.130. The van der Waals surface area contributed by atoms with Crippen molar-refractivity contribution in [1.29, 1.82) is 0 Å². The summed E-state index contributed by atoms with van der Waals surface area (Å²) in [4.78, 5) is 26.1. The Labute approximate surface area is 147 Å². The summed E-state index contributed by atoms with van der Waals surface area (Å²) in [7, 11) is 1.67. The molecular weight excluding hydrogens is 317 g/mol. The molecule has 130 valence electrons. The fourth-order valence-corrected chi connectivity index (χ4v) is 3.30. The molecule has 0 unspecified atom stereocenters. The second-order valence-electron chi connectivity index (χ2n) is 6.64. The second kappa shape index (κ2) is 7.60. The Balaban J connectivity index is 1.53. The molecule has 0 heterocycles. The van der Waals surface area contributed by atoms with Gasteiger partial charge in [-0.3, -0.25) is 9.59 Å². The number of rotatable bonds is 6. The number of benzene rings is 2. The van der Waals surface area contributed by atoms with Crippen LogP contribution in [0.15, 0.2) is 42.5 Å². The van der Waals surface area contributed by atoms with Crippen molar-refractivity contribution in [2.24, 2.45) is 0 Å². The summed E-state index contributed by atoms with van der Waals surface area (Å²) in [5.74, 6) is -0.425. The molecule has 1 amide bonds. The van der Waals surface area contributed by atoms with Crippen LogP contribution in [0.2, 0.25) is 0 Å². The van der Waals surface area contributed by atoms with Gasteiger partial charge in [0.2, 0.25) is 5.91 Å². The molecule has 3 rings (SSSR count). The normalized spacial score (nSPS) is 12.7. The third-order valence-corrected chi connectivity index (χ3v) is 4.72. The van der Waals surface area contributed by atoms with E-state index < -0.39 is 0 Å². The quantitative estimate of drug-likeness (QED) is 0.748. The zero-order chi connectivity index (χ0) is 17.8.